The summed E-state index contributed by atoms with van der Waals surface area (Å²) < 4.78 is 0. The molecule has 0 unspecified atom stereocenters. The predicted molar refractivity (Wildman–Crippen MR) is 367 cm³/mol. The zero-order valence-corrected chi connectivity index (χ0v) is 58.9. The van der Waals surface area contributed by atoms with Crippen LogP contribution in [0, 0.1) is 65.1 Å². The van der Waals surface area contributed by atoms with Crippen molar-refractivity contribution in [3.05, 3.63) is 0 Å². The summed E-state index contributed by atoms with van der Waals surface area (Å²) >= 11 is 0. The van der Waals surface area contributed by atoms with Gasteiger partial charge in [-0.25, -0.2) is 0 Å². The van der Waals surface area contributed by atoms with E-state index in [1.807, 2.05) is 0 Å². The van der Waals surface area contributed by atoms with Crippen LogP contribution in [0.4, 0.5) is 0 Å². The summed E-state index contributed by atoms with van der Waals surface area (Å²) in [5.41, 5.74) is 11.3. The van der Waals surface area contributed by atoms with Crippen molar-refractivity contribution in [1.29, 1.82) is 0 Å². The lowest BCUT2D eigenvalue weighted by Crippen LogP contribution is -2.53. The smallest absolute Gasteiger partial charge is 0.225 e. The minimum Gasteiger partial charge on any atom is -0.370 e. The molecule has 0 spiro atoms. The van der Waals surface area contributed by atoms with Gasteiger partial charge in [-0.15, -0.1) is 0 Å². The Morgan fingerprint density at radius 2 is 0.436 bits per heavy atom. The summed E-state index contributed by atoms with van der Waals surface area (Å²) in [7, 11) is 0. The Bertz CT molecular complexity index is 3120. The molecule has 0 radical (unpaired) electrons. The second-order valence-corrected chi connectivity index (χ2v) is 31.9. The van der Waals surface area contributed by atoms with Crippen LogP contribution in [0.1, 0.15) is 232 Å². The van der Waals surface area contributed by atoms with E-state index < -0.39 is 131 Å². The molecule has 0 aliphatic heterocycles. The number of rotatable bonds is 27. The third-order valence-corrected chi connectivity index (χ3v) is 25.3. The normalized spacial score (nSPS) is 35.9. The van der Waals surface area contributed by atoms with Crippen molar-refractivity contribution in [1.82, 2.24) is 63.8 Å². The van der Waals surface area contributed by atoms with Crippen LogP contribution in [0.25, 0.3) is 0 Å². The highest BCUT2D eigenvalue weighted by atomic mass is 16.2. The SMILES string of the molecule is CC(=O)N[C@H]1CCC[C@@H]1C(=O)N[C@H]1CCC[C@@H]1C(=O)N[C@H]1CCC[C@@H]1C(=O)N[C@H]1CCC[C@@H]1C(=O)N[C@H]1CCC[C@@H]1C(=O)N[C@@H](CC(N)=O)CC(=O)N[C@H]1CCC[C@@H]1C(=O)N[C@H]1CCC[C@@H]1C(=O)N[C@H]1CCC[C@@H]1C(=O)N[C@H]1CCC[C@@H]1C(=O)N[C@H]1CCC[C@@H]1C(=O)N[C@H]1CCC[C@@H]1C(N)=O. The molecule has 11 rings (SSSR count). The molecule has 16 N–H and O–H groups in total. The van der Waals surface area contributed by atoms with E-state index in [0.717, 1.165) is 51.4 Å². The van der Waals surface area contributed by atoms with Crippen LogP contribution in [0.15, 0.2) is 0 Å². The Kier molecular flexibility index (Phi) is 25.3. The van der Waals surface area contributed by atoms with Crippen molar-refractivity contribution < 1.29 is 67.1 Å². The van der Waals surface area contributed by atoms with E-state index in [1.54, 1.807) is 0 Å². The van der Waals surface area contributed by atoms with Gasteiger partial charge >= 0.3 is 0 Å². The van der Waals surface area contributed by atoms with E-state index in [4.69, 9.17) is 11.5 Å². The molecule has 11 aliphatic carbocycles. The minimum atomic E-state index is -0.980. The van der Waals surface area contributed by atoms with Crippen LogP contribution in [-0.4, -0.2) is 155 Å². The third kappa shape index (κ3) is 18.5. The molecule has 101 heavy (non-hydrogen) atoms. The van der Waals surface area contributed by atoms with E-state index in [0.29, 0.717) is 161 Å². The first-order valence-electron chi connectivity index (χ1n) is 38.7. The molecule has 14 amide bonds. The van der Waals surface area contributed by atoms with Gasteiger partial charge in [0, 0.05) is 92.3 Å². The molecule has 11 fully saturated rings. The number of carbonyl (C=O) groups excluding carboxylic acids is 14. The number of amides is 14. The van der Waals surface area contributed by atoms with Crippen LogP contribution in [0.5, 0.6) is 0 Å². The topological polar surface area (TPSA) is 435 Å². The van der Waals surface area contributed by atoms with Crippen molar-refractivity contribution in [3.63, 3.8) is 0 Å². The Balaban J connectivity index is 0.607. The van der Waals surface area contributed by atoms with Crippen LogP contribution in [0.3, 0.4) is 0 Å². The lowest BCUT2D eigenvalue weighted by Gasteiger charge is -2.29. The lowest BCUT2D eigenvalue weighted by molar-refractivity contribution is -0.133. The van der Waals surface area contributed by atoms with E-state index in [1.165, 1.54) is 6.92 Å². The van der Waals surface area contributed by atoms with Gasteiger partial charge in [0.1, 0.15) is 0 Å². The zero-order chi connectivity index (χ0) is 71.6. The van der Waals surface area contributed by atoms with Gasteiger partial charge in [-0.3, -0.25) is 67.1 Å². The van der Waals surface area contributed by atoms with E-state index >= 15 is 0 Å². The van der Waals surface area contributed by atoms with Crippen molar-refractivity contribution in [3.8, 4) is 0 Å². The summed E-state index contributed by atoms with van der Waals surface area (Å²) in [6, 6.07) is -5.49. The lowest BCUT2D eigenvalue weighted by atomic mass is 9.95. The van der Waals surface area contributed by atoms with Gasteiger partial charge in [-0.2, -0.15) is 0 Å². The molecular weight excluding hydrogens is 1300 g/mol. The first-order chi connectivity index (χ1) is 48.6. The largest absolute Gasteiger partial charge is 0.370 e. The fraction of sp³-hybridized carbons (Fsp3) is 0.808. The number of hydrogen-bond acceptors (Lipinski definition) is 14. The molecule has 558 valence electrons. The highest BCUT2D eigenvalue weighted by molar-refractivity contribution is 5.90. The molecule has 11 saturated carbocycles. The number of carbonyl (C=O) groups is 14. The molecular formula is C73H112N14O14. The Hall–Kier alpha value is -7.42. The number of nitrogens with two attached hydrogens (primary N) is 2. The highest BCUT2D eigenvalue weighted by Gasteiger charge is 2.48. The first kappa shape index (κ1) is 74.8. The van der Waals surface area contributed by atoms with Gasteiger partial charge in [-0.1, -0.05) is 70.6 Å². The van der Waals surface area contributed by atoms with Crippen molar-refractivity contribution in [2.24, 2.45) is 76.6 Å². The van der Waals surface area contributed by atoms with E-state index in [9.17, 15) is 67.1 Å². The average molecular weight is 1410 g/mol. The minimum absolute atomic E-state index is 0.148. The van der Waals surface area contributed by atoms with Gasteiger partial charge in [0.25, 0.3) is 0 Å². The maximum atomic E-state index is 14.2. The van der Waals surface area contributed by atoms with Gasteiger partial charge in [-0.05, 0) is 141 Å². The fourth-order valence-electron chi connectivity index (χ4n) is 20.0. The second-order valence-electron chi connectivity index (χ2n) is 31.9. The third-order valence-electron chi connectivity index (χ3n) is 25.3. The molecule has 0 saturated heterocycles. The Morgan fingerprint density at radius 1 is 0.248 bits per heavy atom. The van der Waals surface area contributed by atoms with Crippen LogP contribution >= 0.6 is 0 Å². The second kappa shape index (κ2) is 34.2. The summed E-state index contributed by atoms with van der Waals surface area (Å²) in [5.74, 6) is -9.67. The summed E-state index contributed by atoms with van der Waals surface area (Å²) in [4.78, 5) is 189. The van der Waals surface area contributed by atoms with E-state index in [-0.39, 0.29) is 102 Å². The standard InChI is InChI=1S/C73H112N14O14/c1-37(88)76-51-25-3-14-40(51)65(93)81-55-29-7-18-44(55)69(97)85-59-33-11-22-48(59)72(100)84-57-31-9-20-46(57)68(96)80-53-27-5-16-42(53)64(92)77-38(35-61(74)89)36-62(90)78-52-26-4-15-41(52)66(94)82-56-30-8-19-45(56)70(98)86-60-34-12-23-49(60)73(101)87-58-32-10-21-47(58)71(99)83-54-28-6-17-43(54)67(95)79-50-24-2-13-39(50)63(75)91/h38-60H,2-36H2,1H3,(H2,74,89)(H2,75,91)(H,76,88)(H,77,92)(H,78,90)(H,79,95)(H,80,96)(H,81,93)(H,82,94)(H,83,99)(H,84,100)(H,85,97)(H,86,98)(H,87,101)/t38-,39-,40-,41-,42-,43-,44-,45-,46-,47-,48-,49-,50-,51-,52-,53-,54-,55-,56-,57-,58-,59-,60-/m0/s1. The van der Waals surface area contributed by atoms with Crippen LogP contribution in [0.2, 0.25) is 0 Å². The monoisotopic (exact) mass is 1410 g/mol. The first-order valence-corrected chi connectivity index (χ1v) is 38.7. The predicted octanol–water partition coefficient (Wildman–Crippen LogP) is 1.38. The molecule has 0 aromatic heterocycles. The number of hydrogen-bond donors (Lipinski definition) is 14. The van der Waals surface area contributed by atoms with Crippen molar-refractivity contribution >= 4 is 82.7 Å². The van der Waals surface area contributed by atoms with Crippen molar-refractivity contribution in [2.75, 3.05) is 0 Å². The Morgan fingerprint density at radius 3 is 0.644 bits per heavy atom. The zero-order valence-electron chi connectivity index (χ0n) is 58.9. The fourth-order valence-corrected chi connectivity index (χ4v) is 20.0. The highest BCUT2D eigenvalue weighted by Crippen LogP contribution is 2.38. The number of nitrogens with one attached hydrogen (secondary N) is 12. The van der Waals surface area contributed by atoms with Crippen LogP contribution < -0.4 is 75.3 Å². The molecule has 11 aliphatic rings. The van der Waals surface area contributed by atoms with Gasteiger partial charge in [0.05, 0.1) is 65.1 Å². The molecule has 28 nitrogen and oxygen atoms in total. The average Bonchev–Trinajstić information content (AvgIpc) is 1.71. The van der Waals surface area contributed by atoms with Gasteiger partial charge in [0.15, 0.2) is 0 Å². The van der Waals surface area contributed by atoms with Crippen LogP contribution in [-0.2, 0) is 67.1 Å². The Labute approximate surface area is 591 Å². The summed E-state index contributed by atoms with van der Waals surface area (Å²) in [6.07, 6.45) is 20.4. The molecule has 23 atom stereocenters. The van der Waals surface area contributed by atoms with E-state index in [2.05, 4.69) is 63.8 Å². The molecule has 28 heteroatoms. The maximum absolute atomic E-state index is 14.2. The van der Waals surface area contributed by atoms with Crippen molar-refractivity contribution in [2.45, 2.75) is 304 Å². The summed E-state index contributed by atoms with van der Waals surface area (Å²) in [6.45, 7) is 1.44. The maximum Gasteiger partial charge on any atom is 0.225 e. The molecule has 0 aromatic carbocycles. The molecule has 0 bridgehead atoms. The van der Waals surface area contributed by atoms with Gasteiger partial charge < -0.3 is 75.3 Å². The summed E-state index contributed by atoms with van der Waals surface area (Å²) in [5, 5.41) is 37.0. The van der Waals surface area contributed by atoms with Gasteiger partial charge in [0.2, 0.25) is 82.7 Å². The molecule has 0 aromatic rings. The quantitative estimate of drug-likeness (QED) is 0.0553. The molecule has 0 heterocycles. The number of primary amides is 2.